The largest absolute Gasteiger partial charge is 0.352 e. The molecule has 0 saturated carbocycles. The summed E-state index contributed by atoms with van der Waals surface area (Å²) in [4.78, 5) is 17.6. The normalized spacial score (nSPS) is 23.5. The third-order valence-corrected chi connectivity index (χ3v) is 7.31. The number of carbonyl (C=O) groups excluding carboxylic acids is 1. The molecule has 1 aromatic heterocycles. The lowest BCUT2D eigenvalue weighted by Crippen LogP contribution is -2.58. The molecule has 0 spiro atoms. The van der Waals surface area contributed by atoms with E-state index in [0.717, 1.165) is 56.8 Å². The van der Waals surface area contributed by atoms with Gasteiger partial charge in [-0.2, -0.15) is 0 Å². The molecule has 1 N–H and O–H groups in total. The fourth-order valence-corrected chi connectivity index (χ4v) is 5.49. The average molecular weight is 477 g/mol. The molecule has 3 aromatic rings. The molecule has 3 aliphatic rings. The molecule has 7 nitrogen and oxygen atoms in total. The Morgan fingerprint density at radius 2 is 1.91 bits per heavy atom. The van der Waals surface area contributed by atoms with Gasteiger partial charge in [0.15, 0.2) is 0 Å². The SMILES string of the molecule is CN(Cc1ccccc1)Cc1cn(C[C@H]2C[C@@H]3CCN2C[C@@H]3C(=O)NCc2ccc(F)cc2)nn1. The number of aromatic nitrogens is 3. The molecule has 184 valence electrons. The second-order valence-electron chi connectivity index (χ2n) is 9.97. The number of nitrogens with one attached hydrogen (secondary N) is 1. The van der Waals surface area contributed by atoms with Crippen LogP contribution >= 0.6 is 0 Å². The number of fused-ring (bicyclic) bond motifs is 3. The van der Waals surface area contributed by atoms with E-state index in [4.69, 9.17) is 0 Å². The number of hydrogen-bond donors (Lipinski definition) is 1. The first-order valence-electron chi connectivity index (χ1n) is 12.4. The van der Waals surface area contributed by atoms with E-state index >= 15 is 0 Å². The van der Waals surface area contributed by atoms with Crippen LogP contribution in [0, 0.1) is 17.7 Å². The maximum absolute atomic E-state index is 13.1. The van der Waals surface area contributed by atoms with Crippen LogP contribution in [0.2, 0.25) is 0 Å². The molecule has 3 fully saturated rings. The molecule has 35 heavy (non-hydrogen) atoms. The zero-order valence-corrected chi connectivity index (χ0v) is 20.2. The monoisotopic (exact) mass is 476 g/mol. The molecule has 4 atom stereocenters. The first-order chi connectivity index (χ1) is 17.0. The average Bonchev–Trinajstić information content (AvgIpc) is 3.30. The minimum atomic E-state index is -0.262. The number of nitrogens with zero attached hydrogens (tertiary/aromatic N) is 5. The van der Waals surface area contributed by atoms with Crippen LogP contribution in [0.1, 0.15) is 29.7 Å². The molecule has 2 aromatic carbocycles. The van der Waals surface area contributed by atoms with E-state index in [1.165, 1.54) is 17.7 Å². The van der Waals surface area contributed by atoms with Crippen LogP contribution in [0.5, 0.6) is 0 Å². The summed E-state index contributed by atoms with van der Waals surface area (Å²) >= 11 is 0. The van der Waals surface area contributed by atoms with E-state index in [-0.39, 0.29) is 17.6 Å². The van der Waals surface area contributed by atoms with Gasteiger partial charge in [-0.15, -0.1) is 5.10 Å². The second-order valence-corrected chi connectivity index (χ2v) is 9.97. The quantitative estimate of drug-likeness (QED) is 0.514. The number of benzene rings is 2. The number of hydrogen-bond acceptors (Lipinski definition) is 5. The summed E-state index contributed by atoms with van der Waals surface area (Å²) in [7, 11) is 2.10. The van der Waals surface area contributed by atoms with Crippen molar-refractivity contribution in [2.75, 3.05) is 20.1 Å². The van der Waals surface area contributed by atoms with Gasteiger partial charge < -0.3 is 5.32 Å². The van der Waals surface area contributed by atoms with Gasteiger partial charge in [0.2, 0.25) is 5.91 Å². The molecular formula is C27H33FN6O. The van der Waals surface area contributed by atoms with Gasteiger partial charge in [-0.1, -0.05) is 47.7 Å². The summed E-state index contributed by atoms with van der Waals surface area (Å²) < 4.78 is 15.1. The number of amides is 1. The highest BCUT2D eigenvalue weighted by molar-refractivity contribution is 5.79. The number of carbonyl (C=O) groups is 1. The third-order valence-electron chi connectivity index (χ3n) is 7.31. The Hall–Kier alpha value is -3.10. The molecule has 3 saturated heterocycles. The summed E-state index contributed by atoms with van der Waals surface area (Å²) in [6.07, 6.45) is 4.10. The minimum absolute atomic E-state index is 0.0124. The molecule has 1 amide bonds. The van der Waals surface area contributed by atoms with Crippen molar-refractivity contribution in [2.24, 2.45) is 11.8 Å². The highest BCUT2D eigenvalue weighted by atomic mass is 19.1. The first kappa shape index (κ1) is 23.6. The summed E-state index contributed by atoms with van der Waals surface area (Å²) in [5, 5.41) is 11.8. The van der Waals surface area contributed by atoms with Crippen LogP contribution in [0.15, 0.2) is 60.8 Å². The van der Waals surface area contributed by atoms with Crippen molar-refractivity contribution >= 4 is 5.91 Å². The maximum Gasteiger partial charge on any atom is 0.224 e. The Kier molecular flexibility index (Phi) is 7.20. The van der Waals surface area contributed by atoms with Gasteiger partial charge in [-0.05, 0) is 55.6 Å². The lowest BCUT2D eigenvalue weighted by atomic mass is 9.75. The van der Waals surface area contributed by atoms with Gasteiger partial charge >= 0.3 is 0 Å². The predicted octanol–water partition coefficient (Wildman–Crippen LogP) is 3.08. The maximum atomic E-state index is 13.1. The van der Waals surface area contributed by atoms with Gasteiger partial charge in [-0.25, -0.2) is 4.39 Å². The van der Waals surface area contributed by atoms with Crippen molar-refractivity contribution in [3.8, 4) is 0 Å². The van der Waals surface area contributed by atoms with E-state index < -0.39 is 0 Å². The zero-order valence-electron chi connectivity index (χ0n) is 20.2. The van der Waals surface area contributed by atoms with E-state index in [0.29, 0.717) is 18.5 Å². The lowest BCUT2D eigenvalue weighted by molar-refractivity contribution is -0.133. The Bertz CT molecular complexity index is 1120. The smallest absolute Gasteiger partial charge is 0.224 e. The third kappa shape index (κ3) is 5.94. The van der Waals surface area contributed by atoms with Crippen molar-refractivity contribution < 1.29 is 9.18 Å². The van der Waals surface area contributed by atoms with Crippen molar-refractivity contribution in [1.82, 2.24) is 30.1 Å². The van der Waals surface area contributed by atoms with Crippen molar-refractivity contribution in [2.45, 2.75) is 45.1 Å². The summed E-state index contributed by atoms with van der Waals surface area (Å²) in [5.74, 6) is 0.241. The van der Waals surface area contributed by atoms with Crippen molar-refractivity contribution in [3.05, 3.63) is 83.4 Å². The molecule has 4 heterocycles. The van der Waals surface area contributed by atoms with Gasteiger partial charge in [0.1, 0.15) is 5.82 Å². The molecule has 8 heteroatoms. The van der Waals surface area contributed by atoms with Gasteiger partial charge in [-0.3, -0.25) is 19.3 Å². The van der Waals surface area contributed by atoms with Crippen LogP contribution in [0.4, 0.5) is 4.39 Å². The first-order valence-corrected chi connectivity index (χ1v) is 12.4. The van der Waals surface area contributed by atoms with Crippen LogP contribution in [0.3, 0.4) is 0 Å². The number of rotatable bonds is 9. The number of halogens is 1. The van der Waals surface area contributed by atoms with E-state index in [1.807, 2.05) is 10.7 Å². The summed E-state index contributed by atoms with van der Waals surface area (Å²) in [6, 6.07) is 17.1. The Balaban J connectivity index is 1.11. The minimum Gasteiger partial charge on any atom is -0.352 e. The van der Waals surface area contributed by atoms with Crippen LogP contribution in [-0.2, 0) is 31.0 Å². The molecule has 0 aliphatic carbocycles. The number of piperidine rings is 3. The fourth-order valence-electron chi connectivity index (χ4n) is 5.49. The summed E-state index contributed by atoms with van der Waals surface area (Å²) in [6.45, 7) is 4.67. The lowest BCUT2D eigenvalue weighted by Gasteiger charge is -2.49. The Morgan fingerprint density at radius 1 is 1.11 bits per heavy atom. The molecule has 1 unspecified atom stereocenters. The van der Waals surface area contributed by atoms with Crippen LogP contribution < -0.4 is 5.32 Å². The Morgan fingerprint density at radius 3 is 2.66 bits per heavy atom. The fraction of sp³-hybridized carbons (Fsp3) is 0.444. The zero-order chi connectivity index (χ0) is 24.2. The van der Waals surface area contributed by atoms with Gasteiger partial charge in [0.05, 0.1) is 18.2 Å². The van der Waals surface area contributed by atoms with E-state index in [2.05, 4.69) is 62.9 Å². The topological polar surface area (TPSA) is 66.3 Å². The second kappa shape index (κ2) is 10.7. The molecule has 6 rings (SSSR count). The molecular weight excluding hydrogens is 443 g/mol. The summed E-state index contributed by atoms with van der Waals surface area (Å²) in [5.41, 5.74) is 3.16. The van der Waals surface area contributed by atoms with Crippen molar-refractivity contribution in [3.63, 3.8) is 0 Å². The Labute approximate surface area is 205 Å². The molecule has 3 aliphatic heterocycles. The molecule has 2 bridgehead atoms. The van der Waals surface area contributed by atoms with Crippen LogP contribution in [0.25, 0.3) is 0 Å². The highest BCUT2D eigenvalue weighted by Crippen LogP contribution is 2.37. The highest BCUT2D eigenvalue weighted by Gasteiger charge is 2.43. The molecule has 0 radical (unpaired) electrons. The van der Waals surface area contributed by atoms with E-state index in [1.54, 1.807) is 12.1 Å². The predicted molar refractivity (Wildman–Crippen MR) is 131 cm³/mol. The van der Waals surface area contributed by atoms with Gasteiger partial charge in [0.25, 0.3) is 0 Å². The van der Waals surface area contributed by atoms with Gasteiger partial charge in [0, 0.05) is 38.4 Å². The van der Waals surface area contributed by atoms with E-state index in [9.17, 15) is 9.18 Å². The standard InChI is InChI=1S/C27H33FN6O/c1-32(15-21-5-3-2-4-6-21)16-24-17-34(31-30-24)18-25-13-22-11-12-33(25)19-26(22)27(35)29-14-20-7-9-23(28)10-8-20/h2-10,17,22,25-26H,11-16,18-19H2,1H3,(H,29,35)/t22-,25+,26-/m0/s1. The van der Waals surface area contributed by atoms with Crippen LogP contribution in [-0.4, -0.2) is 56.9 Å². The van der Waals surface area contributed by atoms with Crippen molar-refractivity contribution in [1.29, 1.82) is 0 Å².